The summed E-state index contributed by atoms with van der Waals surface area (Å²) in [6.45, 7) is 0.395. The van der Waals surface area contributed by atoms with Crippen LogP contribution in [0.15, 0.2) is 18.2 Å². The molecule has 0 saturated carbocycles. The Hall–Kier alpha value is -1.64. The molecule has 0 saturated heterocycles. The first-order valence-electron chi connectivity index (χ1n) is 4.89. The van der Waals surface area contributed by atoms with Crippen molar-refractivity contribution in [3.05, 3.63) is 29.6 Å². The predicted molar refractivity (Wildman–Crippen MR) is 57.5 cm³/mol. The van der Waals surface area contributed by atoms with Crippen molar-refractivity contribution in [1.29, 1.82) is 5.26 Å². The fraction of sp³-hybridized carbons (Fsp3) is 0.364. The number of hydrogen-bond donors (Lipinski definition) is 2. The molecule has 0 unspecified atom stereocenters. The normalized spacial score (nSPS) is 9.88. The predicted octanol–water partition coefficient (Wildman–Crippen LogP) is 0.488. The van der Waals surface area contributed by atoms with Crippen LogP contribution in [-0.4, -0.2) is 36.5 Å². The van der Waals surface area contributed by atoms with Crippen LogP contribution < -0.4 is 4.90 Å². The molecule has 0 aliphatic carbocycles. The highest BCUT2D eigenvalue weighted by Gasteiger charge is 2.11. The number of nitriles is 1. The third kappa shape index (κ3) is 2.92. The summed E-state index contributed by atoms with van der Waals surface area (Å²) in [4.78, 5) is 1.64. The van der Waals surface area contributed by atoms with Crippen LogP contribution in [0.2, 0.25) is 0 Å². The topological polar surface area (TPSA) is 67.5 Å². The first kappa shape index (κ1) is 12.4. The van der Waals surface area contributed by atoms with Crippen LogP contribution in [0.1, 0.15) is 5.56 Å². The van der Waals surface area contributed by atoms with Crippen molar-refractivity contribution in [3.63, 3.8) is 0 Å². The fourth-order valence-corrected chi connectivity index (χ4v) is 1.47. The van der Waals surface area contributed by atoms with E-state index < -0.39 is 5.82 Å². The molecule has 0 aliphatic heterocycles. The summed E-state index contributed by atoms with van der Waals surface area (Å²) < 4.78 is 12.9. The van der Waals surface area contributed by atoms with Crippen molar-refractivity contribution in [2.24, 2.45) is 0 Å². The summed E-state index contributed by atoms with van der Waals surface area (Å²) in [5, 5.41) is 26.6. The van der Waals surface area contributed by atoms with Gasteiger partial charge in [0.25, 0.3) is 0 Å². The van der Waals surface area contributed by atoms with Crippen LogP contribution in [0.3, 0.4) is 0 Å². The van der Waals surface area contributed by atoms with Crippen LogP contribution in [-0.2, 0) is 0 Å². The molecule has 16 heavy (non-hydrogen) atoms. The summed E-state index contributed by atoms with van der Waals surface area (Å²) in [5.41, 5.74) is 0.717. The Morgan fingerprint density at radius 2 is 1.88 bits per heavy atom. The molecule has 0 atom stereocenters. The van der Waals surface area contributed by atoms with E-state index in [-0.39, 0.29) is 18.8 Å². The number of rotatable bonds is 5. The summed E-state index contributed by atoms with van der Waals surface area (Å²) >= 11 is 0. The van der Waals surface area contributed by atoms with Gasteiger partial charge in [-0.1, -0.05) is 0 Å². The highest BCUT2D eigenvalue weighted by atomic mass is 19.1. The van der Waals surface area contributed by atoms with Crippen molar-refractivity contribution in [1.82, 2.24) is 0 Å². The molecule has 0 fully saturated rings. The van der Waals surface area contributed by atoms with Gasteiger partial charge in [0.15, 0.2) is 0 Å². The van der Waals surface area contributed by atoms with Gasteiger partial charge in [-0.2, -0.15) is 5.26 Å². The molecule has 1 rings (SSSR count). The molecule has 0 heterocycles. The zero-order chi connectivity index (χ0) is 12.0. The number of hydrogen-bond acceptors (Lipinski definition) is 4. The molecular formula is C11H13FN2O2. The molecule has 2 N–H and O–H groups in total. The lowest BCUT2D eigenvalue weighted by Crippen LogP contribution is -2.30. The highest BCUT2D eigenvalue weighted by molar-refractivity contribution is 5.59. The minimum absolute atomic E-state index is 0.0950. The maximum atomic E-state index is 12.9. The second-order valence-corrected chi connectivity index (χ2v) is 3.21. The monoisotopic (exact) mass is 224 g/mol. The molecule has 1 aromatic carbocycles. The summed E-state index contributed by atoms with van der Waals surface area (Å²) in [7, 11) is 0. The van der Waals surface area contributed by atoms with Crippen LogP contribution in [0, 0.1) is 17.1 Å². The quantitative estimate of drug-likeness (QED) is 0.763. The average Bonchev–Trinajstić information content (AvgIpc) is 2.28. The van der Waals surface area contributed by atoms with E-state index in [1.165, 1.54) is 12.1 Å². The number of aliphatic hydroxyl groups is 2. The Balaban J connectivity index is 3.03. The smallest absolute Gasteiger partial charge is 0.124 e. The SMILES string of the molecule is N#Cc1cc(F)ccc1N(CCO)CCO. The average molecular weight is 224 g/mol. The van der Waals surface area contributed by atoms with Gasteiger partial charge >= 0.3 is 0 Å². The van der Waals surface area contributed by atoms with Gasteiger partial charge in [0.1, 0.15) is 11.9 Å². The lowest BCUT2D eigenvalue weighted by molar-refractivity contribution is 0.281. The Bertz CT molecular complexity index is 384. The number of halogens is 1. The summed E-state index contributed by atoms with van der Waals surface area (Å²) in [5.74, 6) is -0.478. The van der Waals surface area contributed by atoms with E-state index in [1.54, 1.807) is 4.90 Å². The first-order chi connectivity index (χ1) is 7.72. The van der Waals surface area contributed by atoms with Crippen LogP contribution in [0.5, 0.6) is 0 Å². The zero-order valence-electron chi connectivity index (χ0n) is 8.73. The van der Waals surface area contributed by atoms with Gasteiger partial charge in [0.05, 0.1) is 24.5 Å². The molecule has 0 bridgehead atoms. The lowest BCUT2D eigenvalue weighted by atomic mass is 10.1. The first-order valence-corrected chi connectivity index (χ1v) is 4.89. The van der Waals surface area contributed by atoms with E-state index in [0.717, 1.165) is 6.07 Å². The number of aliphatic hydroxyl groups excluding tert-OH is 2. The van der Waals surface area contributed by atoms with E-state index >= 15 is 0 Å². The van der Waals surface area contributed by atoms with Gasteiger partial charge in [0.2, 0.25) is 0 Å². The maximum absolute atomic E-state index is 12.9. The molecule has 86 valence electrons. The second-order valence-electron chi connectivity index (χ2n) is 3.21. The molecule has 0 spiro atoms. The molecule has 0 aliphatic rings. The molecule has 0 radical (unpaired) electrons. The summed E-state index contributed by atoms with van der Waals surface area (Å²) in [6, 6.07) is 5.74. The van der Waals surface area contributed by atoms with Crippen molar-refractivity contribution in [3.8, 4) is 6.07 Å². The molecule has 4 nitrogen and oxygen atoms in total. The van der Waals surface area contributed by atoms with Crippen molar-refractivity contribution >= 4 is 5.69 Å². The Morgan fingerprint density at radius 3 is 2.38 bits per heavy atom. The van der Waals surface area contributed by atoms with Gasteiger partial charge in [0, 0.05) is 13.1 Å². The third-order valence-corrected chi connectivity index (χ3v) is 2.16. The van der Waals surface area contributed by atoms with Crippen molar-refractivity contribution in [2.45, 2.75) is 0 Å². The van der Waals surface area contributed by atoms with Crippen LogP contribution in [0.4, 0.5) is 10.1 Å². The van der Waals surface area contributed by atoms with Gasteiger partial charge in [-0.3, -0.25) is 0 Å². The van der Waals surface area contributed by atoms with Crippen molar-refractivity contribution < 1.29 is 14.6 Å². The van der Waals surface area contributed by atoms with E-state index in [9.17, 15) is 4.39 Å². The Kier molecular flexibility index (Phi) is 4.70. The summed E-state index contributed by atoms with van der Waals surface area (Å²) in [6.07, 6.45) is 0. The molecule has 0 aromatic heterocycles. The Labute approximate surface area is 93.2 Å². The number of benzene rings is 1. The third-order valence-electron chi connectivity index (χ3n) is 2.16. The lowest BCUT2D eigenvalue weighted by Gasteiger charge is -2.23. The van der Waals surface area contributed by atoms with Gasteiger partial charge in [-0.15, -0.1) is 0 Å². The van der Waals surface area contributed by atoms with E-state index in [0.29, 0.717) is 18.8 Å². The zero-order valence-corrected chi connectivity index (χ0v) is 8.73. The fourth-order valence-electron chi connectivity index (χ4n) is 1.47. The van der Waals surface area contributed by atoms with Crippen molar-refractivity contribution in [2.75, 3.05) is 31.2 Å². The van der Waals surface area contributed by atoms with E-state index in [2.05, 4.69) is 0 Å². The molecule has 0 amide bonds. The van der Waals surface area contributed by atoms with Crippen LogP contribution >= 0.6 is 0 Å². The number of nitrogens with zero attached hydrogens (tertiary/aromatic N) is 2. The molecular weight excluding hydrogens is 211 g/mol. The van der Waals surface area contributed by atoms with Crippen LogP contribution in [0.25, 0.3) is 0 Å². The van der Waals surface area contributed by atoms with Gasteiger partial charge in [-0.25, -0.2) is 4.39 Å². The number of anilines is 1. The second kappa shape index (κ2) is 6.05. The highest BCUT2D eigenvalue weighted by Crippen LogP contribution is 2.20. The van der Waals surface area contributed by atoms with E-state index in [4.69, 9.17) is 15.5 Å². The van der Waals surface area contributed by atoms with E-state index in [1.807, 2.05) is 6.07 Å². The minimum atomic E-state index is -0.478. The van der Waals surface area contributed by atoms with Gasteiger partial charge in [-0.05, 0) is 18.2 Å². The maximum Gasteiger partial charge on any atom is 0.124 e. The Morgan fingerprint density at radius 1 is 1.25 bits per heavy atom. The molecule has 1 aromatic rings. The minimum Gasteiger partial charge on any atom is -0.395 e. The largest absolute Gasteiger partial charge is 0.395 e. The van der Waals surface area contributed by atoms with Gasteiger partial charge < -0.3 is 15.1 Å². The molecule has 5 heteroatoms. The standard InChI is InChI=1S/C11H13FN2O2/c12-10-1-2-11(9(7-10)8-13)14(3-5-15)4-6-16/h1-2,7,15-16H,3-6H2.